The van der Waals surface area contributed by atoms with Gasteiger partial charge in [-0.25, -0.2) is 14.4 Å². The van der Waals surface area contributed by atoms with Crippen LogP contribution in [0.15, 0.2) is 34.9 Å². The molecule has 522 valence electrons. The summed E-state index contributed by atoms with van der Waals surface area (Å²) in [6.45, 7) is 21.8. The Morgan fingerprint density at radius 2 is 1.16 bits per heavy atom. The smallest absolute Gasteiger partial charge is 0.335 e. The first kappa shape index (κ1) is 72.6. The molecule has 9 aliphatic rings. The molecule has 4 aliphatic heterocycles. The number of carbonyl (C=O) groups is 4. The van der Waals surface area contributed by atoms with Crippen LogP contribution in [0.3, 0.4) is 0 Å². The number of allylic oxidation sites excluding steroid dienone is 4. The van der Waals surface area contributed by atoms with E-state index in [1.807, 2.05) is 27.7 Å². The molecule has 9 rings (SSSR count). The Hall–Kier alpha value is -3.66. The minimum Gasteiger partial charge on any atom is -0.479 e. The van der Waals surface area contributed by atoms with Crippen LogP contribution in [0.5, 0.6) is 0 Å². The fraction of sp³-hybridized carbons (Fsp3) is 0.846. The fourth-order valence-electron chi connectivity index (χ4n) is 17.8. The number of rotatable bonds is 17. The number of esters is 3. The Morgan fingerprint density at radius 3 is 1.73 bits per heavy atom. The summed E-state index contributed by atoms with van der Waals surface area (Å²) >= 11 is 0. The molecule has 4 heterocycles. The lowest BCUT2D eigenvalue weighted by molar-refractivity contribution is -0.386. The van der Waals surface area contributed by atoms with Crippen LogP contribution in [-0.4, -0.2) is 246 Å². The topological polar surface area (TPSA) is 413 Å². The molecule has 10 unspecified atom stereocenters. The lowest BCUT2D eigenvalue weighted by Crippen LogP contribution is -2.72. The van der Waals surface area contributed by atoms with E-state index in [1.54, 1.807) is 33.8 Å². The third-order valence-corrected chi connectivity index (χ3v) is 23.6. The molecule has 4 saturated heterocycles. The normalized spacial score (nSPS) is 48.4. The first-order valence-corrected chi connectivity index (χ1v) is 32.3. The maximum absolute atomic E-state index is 13.4. The molecule has 0 bridgehead atoms. The summed E-state index contributed by atoms with van der Waals surface area (Å²) in [4.78, 5) is 52.4. The highest BCUT2D eigenvalue weighted by Gasteiger charge is 2.74. The zero-order valence-corrected chi connectivity index (χ0v) is 54.8. The minimum atomic E-state index is -2.13. The number of ether oxygens (including phenoxy) is 11. The van der Waals surface area contributed by atoms with E-state index in [-0.39, 0.29) is 35.8 Å². The van der Waals surface area contributed by atoms with Gasteiger partial charge in [-0.05, 0) is 124 Å². The predicted molar refractivity (Wildman–Crippen MR) is 316 cm³/mol. The van der Waals surface area contributed by atoms with Crippen molar-refractivity contribution in [2.75, 3.05) is 19.8 Å². The van der Waals surface area contributed by atoms with Crippen LogP contribution in [0.4, 0.5) is 0 Å². The summed E-state index contributed by atoms with van der Waals surface area (Å²) in [5.74, 6) is -4.56. The van der Waals surface area contributed by atoms with Gasteiger partial charge in [-0.1, -0.05) is 72.3 Å². The quantitative estimate of drug-likeness (QED) is 0.0314. The number of carbonyl (C=O) groups excluding carboxylic acids is 3. The fourth-order valence-corrected chi connectivity index (χ4v) is 17.8. The first-order valence-electron chi connectivity index (χ1n) is 32.3. The Kier molecular flexibility index (Phi) is 21.3. The Morgan fingerprint density at radius 1 is 0.609 bits per heavy atom. The molecule has 92 heavy (non-hydrogen) atoms. The van der Waals surface area contributed by atoms with Crippen molar-refractivity contribution in [3.8, 4) is 0 Å². The third-order valence-electron chi connectivity index (χ3n) is 23.6. The molecule has 5 aliphatic carbocycles. The molecule has 12 N–H and O–H groups in total. The first-order chi connectivity index (χ1) is 42.9. The van der Waals surface area contributed by atoms with Crippen molar-refractivity contribution >= 4 is 23.9 Å². The third kappa shape index (κ3) is 12.3. The zero-order valence-electron chi connectivity index (χ0n) is 54.8. The van der Waals surface area contributed by atoms with Crippen molar-refractivity contribution in [1.82, 2.24) is 0 Å². The van der Waals surface area contributed by atoms with E-state index < -0.39 is 223 Å². The van der Waals surface area contributed by atoms with Gasteiger partial charge in [0.1, 0.15) is 73.8 Å². The van der Waals surface area contributed by atoms with Crippen LogP contribution in [0, 0.1) is 50.2 Å². The average Bonchev–Trinajstić information content (AvgIpc) is 0.719. The molecule has 0 aromatic heterocycles. The highest BCUT2D eigenvalue weighted by atomic mass is 16.8. The molecule has 27 heteroatoms. The van der Waals surface area contributed by atoms with Gasteiger partial charge in [0.15, 0.2) is 43.5 Å². The van der Waals surface area contributed by atoms with E-state index in [2.05, 4.69) is 26.8 Å². The van der Waals surface area contributed by atoms with Gasteiger partial charge in [0.25, 0.3) is 0 Å². The van der Waals surface area contributed by atoms with Gasteiger partial charge in [0, 0.05) is 18.1 Å². The molecule has 30 atom stereocenters. The summed E-state index contributed by atoms with van der Waals surface area (Å²) in [6.07, 6.45) is -29.1. The maximum atomic E-state index is 13.4. The average molecular weight is 1310 g/mol. The molecule has 4 saturated carbocycles. The second-order valence-corrected chi connectivity index (χ2v) is 29.4. The molecule has 0 aromatic carbocycles. The van der Waals surface area contributed by atoms with Crippen molar-refractivity contribution in [3.63, 3.8) is 0 Å². The van der Waals surface area contributed by atoms with Gasteiger partial charge in [0.2, 0.25) is 0 Å². The Labute approximate surface area is 535 Å². The molecule has 0 spiro atoms. The van der Waals surface area contributed by atoms with E-state index in [1.165, 1.54) is 19.9 Å². The van der Waals surface area contributed by atoms with Crippen LogP contribution < -0.4 is 0 Å². The zero-order chi connectivity index (χ0) is 68.0. The number of hydrogen-bond acceptors (Lipinski definition) is 26. The molecule has 0 aromatic rings. The van der Waals surface area contributed by atoms with Crippen LogP contribution >= 0.6 is 0 Å². The van der Waals surface area contributed by atoms with Gasteiger partial charge in [-0.15, -0.1) is 0 Å². The number of hydrogen-bond donors (Lipinski definition) is 12. The standard InChI is InChI=1S/C65H100O27/c1-14-27(3)54(80)87-46-29(5)83-58(45(76)48(46)88-55(81)28(4)15-2)92-52-51(77)65(26-82-30(6)68)32(22-60(52,7)8)31-16-17-36-62(11)20-19-38(61(9,10)35(62)18-21-63(36,12)64(31,13)23-37(65)69)86-59-50(91-57-43(74)41(72)39(70)33(24-66)84-57)47(44(75)49(90-59)53(78)79)89-56-42(73)40(71)34(25-67)85-56/h14-16,29,32-52,56-59,66-67,69-77H,17-26H2,1-13H3,(H,78,79)/b27-14-,28-15-/t29?,32?,33?,34-,35?,36?,37+,38-,39-,40+,41+,42?,43?,44-,45-,46-,47+,48?,49?,50?,51-,52-,56-,57-,58-,59+,62-,63+,64+,65-/m0/s1. The molecular weight excluding hydrogens is 1210 g/mol. The van der Waals surface area contributed by atoms with E-state index >= 15 is 0 Å². The predicted octanol–water partition coefficient (Wildman–Crippen LogP) is 0.715. The summed E-state index contributed by atoms with van der Waals surface area (Å²) in [5.41, 5.74) is -3.54. The van der Waals surface area contributed by atoms with Crippen molar-refractivity contribution in [3.05, 3.63) is 34.9 Å². The number of aliphatic hydroxyl groups is 11. The van der Waals surface area contributed by atoms with Crippen molar-refractivity contribution in [2.24, 2.45) is 50.2 Å². The highest BCUT2D eigenvalue weighted by molar-refractivity contribution is 5.88. The number of carboxylic acids is 1. The number of fused-ring (bicyclic) bond motifs is 7. The molecule has 27 nitrogen and oxygen atoms in total. The molecule has 8 fully saturated rings. The largest absolute Gasteiger partial charge is 0.479 e. The number of carboxylic acid groups (broad SMARTS) is 1. The molecular formula is C65H100O27. The van der Waals surface area contributed by atoms with Crippen LogP contribution in [-0.2, 0) is 71.3 Å². The van der Waals surface area contributed by atoms with Crippen LogP contribution in [0.2, 0.25) is 0 Å². The van der Waals surface area contributed by atoms with E-state index in [4.69, 9.17) is 52.1 Å². The van der Waals surface area contributed by atoms with Gasteiger partial charge in [0.05, 0.1) is 49.1 Å². The SMILES string of the molecule is C/C=C(/C)C(=O)OC1[C@@H](OC(=O)/C(C)=C\C)C(C)O[C@@H](O[C@H]2[C@H](O)[C@@]3(COC(C)=O)C(CC2(C)C)C2=CCC4[C@@]5(C)CC[C@H](O[C@@H]6OC(C(=O)O)[C@@H](O)[C@@H](O[C@@H]7O[C@@H](CO)[C@@H](O)C7O)C6O[C@@H]6OC(CO)[C@H](O)[C@@H](O)C6O)C(C)(C)C5CC[C@@]4(C)[C@]2(C)C[C@H]3O)[C@H]1O. The van der Waals surface area contributed by atoms with Crippen molar-refractivity contribution < 1.29 is 133 Å². The summed E-state index contributed by atoms with van der Waals surface area (Å²) < 4.78 is 67.2. The second-order valence-electron chi connectivity index (χ2n) is 29.4. The Bertz CT molecular complexity index is 2790. The summed E-state index contributed by atoms with van der Waals surface area (Å²) in [5, 5.41) is 135. The number of aliphatic carboxylic acids is 1. The van der Waals surface area contributed by atoms with Crippen molar-refractivity contribution in [1.29, 1.82) is 0 Å². The van der Waals surface area contributed by atoms with Crippen LogP contribution in [0.1, 0.15) is 135 Å². The lowest BCUT2D eigenvalue weighted by atomic mass is 9.33. The molecule has 0 radical (unpaired) electrons. The Balaban J connectivity index is 1.01. The van der Waals surface area contributed by atoms with Crippen LogP contribution in [0.25, 0.3) is 0 Å². The maximum Gasteiger partial charge on any atom is 0.335 e. The minimum absolute atomic E-state index is 0.0439. The van der Waals surface area contributed by atoms with E-state index in [0.717, 1.165) is 5.57 Å². The van der Waals surface area contributed by atoms with Gasteiger partial charge in [-0.2, -0.15) is 0 Å². The van der Waals surface area contributed by atoms with E-state index in [0.29, 0.717) is 32.1 Å². The van der Waals surface area contributed by atoms with E-state index in [9.17, 15) is 80.5 Å². The summed E-state index contributed by atoms with van der Waals surface area (Å²) in [7, 11) is 0. The lowest BCUT2D eigenvalue weighted by Gasteiger charge is -2.72. The monoisotopic (exact) mass is 1310 g/mol. The second kappa shape index (κ2) is 27.0. The number of aliphatic hydroxyl groups excluding tert-OH is 11. The van der Waals surface area contributed by atoms with Gasteiger partial charge >= 0.3 is 23.9 Å². The van der Waals surface area contributed by atoms with Gasteiger partial charge < -0.3 is 113 Å². The van der Waals surface area contributed by atoms with Gasteiger partial charge in [-0.3, -0.25) is 4.79 Å². The summed E-state index contributed by atoms with van der Waals surface area (Å²) in [6, 6.07) is 0. The molecule has 0 amide bonds. The van der Waals surface area contributed by atoms with Crippen molar-refractivity contribution in [2.45, 2.75) is 276 Å². The highest BCUT2D eigenvalue weighted by Crippen LogP contribution is 2.76.